The average molecular weight is 234 g/mol. The fourth-order valence-electron chi connectivity index (χ4n) is 1.12. The number of phenolic OH excluding ortho intramolecular Hbond substituents is 1. The highest BCUT2D eigenvalue weighted by molar-refractivity contribution is 6.30. The van der Waals surface area contributed by atoms with E-state index in [0.717, 1.165) is 5.56 Å². The first-order chi connectivity index (χ1) is 7.75. The van der Waals surface area contributed by atoms with E-state index in [4.69, 9.17) is 11.6 Å². The third kappa shape index (κ3) is 2.55. The summed E-state index contributed by atoms with van der Waals surface area (Å²) in [5.41, 5.74) is 1.17. The summed E-state index contributed by atoms with van der Waals surface area (Å²) < 4.78 is 0. The molecular weight excluding hydrogens is 226 g/mol. The number of hydrogen-bond donors (Lipinski definition) is 1. The molecule has 0 atom stereocenters. The topological polar surface area (TPSA) is 58.4 Å². The highest BCUT2D eigenvalue weighted by atomic mass is 35.5. The van der Waals surface area contributed by atoms with Crippen LogP contribution in [0.2, 0.25) is 5.02 Å². The first-order valence-electron chi connectivity index (χ1n) is 4.53. The molecule has 16 heavy (non-hydrogen) atoms. The highest BCUT2D eigenvalue weighted by Crippen LogP contribution is 2.28. The Morgan fingerprint density at radius 3 is 2.75 bits per heavy atom. The van der Waals surface area contributed by atoms with Crippen LogP contribution in [0.15, 0.2) is 41.9 Å². The molecule has 0 aliphatic heterocycles. The van der Waals surface area contributed by atoms with Crippen molar-refractivity contribution in [2.24, 2.45) is 4.99 Å². The Morgan fingerprint density at radius 1 is 1.25 bits per heavy atom. The Hall–Kier alpha value is -1.94. The van der Waals surface area contributed by atoms with E-state index in [1.54, 1.807) is 30.7 Å². The molecular formula is C11H8ClN3O. The van der Waals surface area contributed by atoms with Crippen LogP contribution < -0.4 is 0 Å². The number of hydrogen-bond acceptors (Lipinski definition) is 4. The molecule has 1 N–H and O–H groups in total. The molecule has 1 aromatic heterocycles. The standard InChI is InChI=1S/C11H8ClN3O/c12-9-1-2-11(16)10(3-9)15-6-8-4-13-7-14-5-8/h1-7,16H. The maximum atomic E-state index is 9.51. The zero-order valence-electron chi connectivity index (χ0n) is 8.21. The normalized spacial score (nSPS) is 10.8. The number of aromatic hydroxyl groups is 1. The number of rotatable bonds is 2. The van der Waals surface area contributed by atoms with Crippen molar-refractivity contribution >= 4 is 23.5 Å². The zero-order valence-corrected chi connectivity index (χ0v) is 8.96. The van der Waals surface area contributed by atoms with E-state index in [1.807, 2.05) is 0 Å². The summed E-state index contributed by atoms with van der Waals surface area (Å²) in [5.74, 6) is 0.0810. The van der Waals surface area contributed by atoms with Gasteiger partial charge in [0.25, 0.3) is 0 Å². The van der Waals surface area contributed by atoms with Gasteiger partial charge in [-0.15, -0.1) is 0 Å². The minimum atomic E-state index is 0.0810. The van der Waals surface area contributed by atoms with Crippen molar-refractivity contribution in [3.05, 3.63) is 47.5 Å². The summed E-state index contributed by atoms with van der Waals surface area (Å²) >= 11 is 5.79. The van der Waals surface area contributed by atoms with Crippen LogP contribution in [0.3, 0.4) is 0 Å². The lowest BCUT2D eigenvalue weighted by Gasteiger charge is -1.98. The fraction of sp³-hybridized carbons (Fsp3) is 0. The molecule has 4 nitrogen and oxygen atoms in total. The van der Waals surface area contributed by atoms with Crippen LogP contribution in [-0.4, -0.2) is 21.3 Å². The maximum absolute atomic E-state index is 9.51. The number of phenols is 1. The van der Waals surface area contributed by atoms with Gasteiger partial charge < -0.3 is 5.11 Å². The van der Waals surface area contributed by atoms with Gasteiger partial charge in [-0.1, -0.05) is 11.6 Å². The highest BCUT2D eigenvalue weighted by Gasteiger charge is 1.99. The second-order valence-electron chi connectivity index (χ2n) is 3.06. The van der Waals surface area contributed by atoms with E-state index in [1.165, 1.54) is 12.4 Å². The first-order valence-corrected chi connectivity index (χ1v) is 4.91. The predicted molar refractivity (Wildman–Crippen MR) is 62.4 cm³/mol. The largest absolute Gasteiger partial charge is 0.506 e. The van der Waals surface area contributed by atoms with Crippen molar-refractivity contribution in [2.75, 3.05) is 0 Å². The molecule has 0 saturated carbocycles. The molecule has 0 unspecified atom stereocenters. The molecule has 0 spiro atoms. The Morgan fingerprint density at radius 2 is 2.00 bits per heavy atom. The Bertz CT molecular complexity index is 514. The van der Waals surface area contributed by atoms with E-state index in [-0.39, 0.29) is 5.75 Å². The van der Waals surface area contributed by atoms with Crippen LogP contribution in [0, 0.1) is 0 Å². The van der Waals surface area contributed by atoms with Crippen LogP contribution in [0.1, 0.15) is 5.56 Å². The molecule has 0 radical (unpaired) electrons. The van der Waals surface area contributed by atoms with E-state index >= 15 is 0 Å². The van der Waals surface area contributed by atoms with Gasteiger partial charge in [0.2, 0.25) is 0 Å². The lowest BCUT2D eigenvalue weighted by Crippen LogP contribution is -1.84. The molecule has 0 aliphatic rings. The van der Waals surface area contributed by atoms with Crippen molar-refractivity contribution in [1.82, 2.24) is 9.97 Å². The summed E-state index contributed by atoms with van der Waals surface area (Å²) in [7, 11) is 0. The molecule has 1 heterocycles. The second-order valence-corrected chi connectivity index (χ2v) is 3.50. The van der Waals surface area contributed by atoms with E-state index < -0.39 is 0 Å². The van der Waals surface area contributed by atoms with Crippen molar-refractivity contribution in [2.45, 2.75) is 0 Å². The smallest absolute Gasteiger partial charge is 0.141 e. The fourth-order valence-corrected chi connectivity index (χ4v) is 1.29. The Kier molecular flexibility index (Phi) is 3.12. The minimum absolute atomic E-state index is 0.0810. The zero-order chi connectivity index (χ0) is 11.4. The van der Waals surface area contributed by atoms with Crippen LogP contribution >= 0.6 is 11.6 Å². The van der Waals surface area contributed by atoms with Gasteiger partial charge in [-0.2, -0.15) is 0 Å². The number of halogens is 1. The number of nitrogens with zero attached hydrogens (tertiary/aromatic N) is 3. The lowest BCUT2D eigenvalue weighted by molar-refractivity contribution is 0.477. The molecule has 0 amide bonds. The third-order valence-corrected chi connectivity index (χ3v) is 2.11. The number of aliphatic imine (C=N–C) groups is 1. The van der Waals surface area contributed by atoms with Gasteiger partial charge >= 0.3 is 0 Å². The van der Waals surface area contributed by atoms with Crippen molar-refractivity contribution in [1.29, 1.82) is 0 Å². The SMILES string of the molecule is Oc1ccc(Cl)cc1N=Cc1cncnc1. The molecule has 1 aromatic carbocycles. The Balaban J connectivity index is 2.27. The molecule has 2 rings (SSSR count). The molecule has 2 aromatic rings. The summed E-state index contributed by atoms with van der Waals surface area (Å²) in [6.45, 7) is 0. The van der Waals surface area contributed by atoms with E-state index in [9.17, 15) is 5.11 Å². The summed E-state index contributed by atoms with van der Waals surface area (Å²) in [4.78, 5) is 11.8. The summed E-state index contributed by atoms with van der Waals surface area (Å²) in [6.07, 6.45) is 6.25. The third-order valence-electron chi connectivity index (χ3n) is 1.87. The Labute approximate surface area is 97.3 Å². The van der Waals surface area contributed by atoms with E-state index in [0.29, 0.717) is 10.7 Å². The van der Waals surface area contributed by atoms with Crippen LogP contribution in [0.5, 0.6) is 5.75 Å². The van der Waals surface area contributed by atoms with Gasteiger partial charge in [-0.05, 0) is 18.2 Å². The van der Waals surface area contributed by atoms with Gasteiger partial charge in [0.15, 0.2) is 0 Å². The molecule has 0 saturated heterocycles. The van der Waals surface area contributed by atoms with Gasteiger partial charge in [0, 0.05) is 29.2 Å². The summed E-state index contributed by atoms with van der Waals surface area (Å²) in [5, 5.41) is 10.0. The van der Waals surface area contributed by atoms with Crippen molar-refractivity contribution in [3.8, 4) is 5.75 Å². The van der Waals surface area contributed by atoms with Crippen molar-refractivity contribution < 1.29 is 5.11 Å². The second kappa shape index (κ2) is 4.72. The van der Waals surface area contributed by atoms with Gasteiger partial charge in [0.05, 0.1) is 0 Å². The molecule has 80 valence electrons. The molecule has 0 bridgehead atoms. The van der Waals surface area contributed by atoms with Crippen LogP contribution in [0.4, 0.5) is 5.69 Å². The average Bonchev–Trinajstić information content (AvgIpc) is 2.32. The number of benzene rings is 1. The van der Waals surface area contributed by atoms with Gasteiger partial charge in [-0.25, -0.2) is 9.97 Å². The first kappa shape index (κ1) is 10.6. The van der Waals surface area contributed by atoms with Gasteiger partial charge in [-0.3, -0.25) is 4.99 Å². The van der Waals surface area contributed by atoms with Crippen LogP contribution in [-0.2, 0) is 0 Å². The number of aromatic nitrogens is 2. The quantitative estimate of drug-likeness (QED) is 0.811. The molecule has 0 fully saturated rings. The molecule has 5 heteroatoms. The molecule has 0 aliphatic carbocycles. The summed E-state index contributed by atoms with van der Waals surface area (Å²) in [6, 6.07) is 4.68. The minimum Gasteiger partial charge on any atom is -0.506 e. The van der Waals surface area contributed by atoms with Gasteiger partial charge in [0.1, 0.15) is 17.8 Å². The van der Waals surface area contributed by atoms with E-state index in [2.05, 4.69) is 15.0 Å². The lowest BCUT2D eigenvalue weighted by atomic mass is 10.3. The monoisotopic (exact) mass is 233 g/mol. The van der Waals surface area contributed by atoms with Crippen LogP contribution in [0.25, 0.3) is 0 Å². The van der Waals surface area contributed by atoms with Crippen molar-refractivity contribution in [3.63, 3.8) is 0 Å². The maximum Gasteiger partial charge on any atom is 0.141 e. The predicted octanol–water partition coefficient (Wildman–Crippen LogP) is 2.59.